The Balaban J connectivity index is 0.885. The second-order valence-electron chi connectivity index (χ2n) is 17.6. The normalized spacial score (nSPS) is 14.7. The summed E-state index contributed by atoms with van der Waals surface area (Å²) in [7, 11) is 0. The van der Waals surface area contributed by atoms with Crippen LogP contribution in [0.5, 0.6) is 0 Å². The maximum Gasteiger partial charge on any atom is 0.0619 e. The van der Waals surface area contributed by atoms with Crippen molar-refractivity contribution in [3.8, 4) is 22.3 Å². The highest BCUT2D eigenvalue weighted by atomic mass is 15.2. The molecule has 0 saturated carbocycles. The van der Waals surface area contributed by atoms with Crippen LogP contribution in [0.4, 0.5) is 28.4 Å². The lowest BCUT2D eigenvalue weighted by Gasteiger charge is -2.32. The highest BCUT2D eigenvalue weighted by Crippen LogP contribution is 2.52. The molecule has 296 valence electrons. The van der Waals surface area contributed by atoms with Gasteiger partial charge in [-0.25, -0.2) is 0 Å². The summed E-state index contributed by atoms with van der Waals surface area (Å²) in [6, 6.07) is 67.6. The van der Waals surface area contributed by atoms with Crippen LogP contribution in [0.1, 0.15) is 59.2 Å². The van der Waals surface area contributed by atoms with Gasteiger partial charge in [0.1, 0.15) is 0 Å². The molecule has 2 aliphatic heterocycles. The van der Waals surface area contributed by atoms with Crippen molar-refractivity contribution in [2.45, 2.75) is 32.1 Å². The molecule has 3 aliphatic rings. The monoisotopic (exact) mass is 794 g/mol. The molecule has 0 saturated heterocycles. The maximum atomic E-state index is 2.52. The zero-order valence-corrected chi connectivity index (χ0v) is 35.1. The molecule has 0 spiro atoms. The average molecular weight is 795 g/mol. The first-order valence-corrected chi connectivity index (χ1v) is 22.0. The SMILES string of the molecule is CC1(C)c2cc(C=Cc3ccc(-c4c5ccccc5c(N5c6ccccc6C=Cc6ccccc65)c5ccccc45)cc3)ccc2-c2ccc(N3CCCc4ccccc43)cc21. The van der Waals surface area contributed by atoms with Crippen molar-refractivity contribution in [2.75, 3.05) is 16.3 Å². The van der Waals surface area contributed by atoms with Crippen LogP contribution in [0.25, 0.3) is 68.1 Å². The lowest BCUT2D eigenvalue weighted by Crippen LogP contribution is -2.25. The Morgan fingerprint density at radius 1 is 0.484 bits per heavy atom. The molecule has 9 aromatic rings. The van der Waals surface area contributed by atoms with Crippen LogP contribution in [-0.2, 0) is 11.8 Å². The number of para-hydroxylation sites is 3. The third-order valence-corrected chi connectivity index (χ3v) is 13.7. The minimum atomic E-state index is -0.0978. The van der Waals surface area contributed by atoms with Crippen LogP contribution in [0.3, 0.4) is 0 Å². The second-order valence-corrected chi connectivity index (χ2v) is 17.6. The van der Waals surface area contributed by atoms with E-state index in [1.807, 2.05) is 0 Å². The van der Waals surface area contributed by atoms with E-state index < -0.39 is 0 Å². The van der Waals surface area contributed by atoms with E-state index in [1.165, 1.54) is 118 Å². The fourth-order valence-corrected chi connectivity index (χ4v) is 10.6. The molecule has 0 aromatic heterocycles. The predicted octanol–water partition coefficient (Wildman–Crippen LogP) is 16.2. The van der Waals surface area contributed by atoms with Crippen molar-refractivity contribution in [2.24, 2.45) is 0 Å². The number of anilines is 5. The van der Waals surface area contributed by atoms with E-state index >= 15 is 0 Å². The average Bonchev–Trinajstić information content (AvgIpc) is 3.42. The molecular weight excluding hydrogens is 749 g/mol. The lowest BCUT2D eigenvalue weighted by molar-refractivity contribution is 0.659. The van der Waals surface area contributed by atoms with Crippen molar-refractivity contribution in [1.29, 1.82) is 0 Å². The van der Waals surface area contributed by atoms with Gasteiger partial charge < -0.3 is 9.80 Å². The Kier molecular flexibility index (Phi) is 8.44. The molecule has 2 heterocycles. The molecular formula is C60H46N2. The van der Waals surface area contributed by atoms with Gasteiger partial charge in [-0.3, -0.25) is 0 Å². The molecule has 12 rings (SSSR count). The summed E-state index contributed by atoms with van der Waals surface area (Å²) in [6.07, 6.45) is 11.4. The van der Waals surface area contributed by atoms with Crippen LogP contribution < -0.4 is 9.80 Å². The van der Waals surface area contributed by atoms with Crippen molar-refractivity contribution in [1.82, 2.24) is 0 Å². The Morgan fingerprint density at radius 2 is 1.02 bits per heavy atom. The number of rotatable bonds is 5. The minimum Gasteiger partial charge on any atom is -0.341 e. The van der Waals surface area contributed by atoms with E-state index in [9.17, 15) is 0 Å². The first-order valence-electron chi connectivity index (χ1n) is 22.0. The van der Waals surface area contributed by atoms with E-state index in [1.54, 1.807) is 0 Å². The first kappa shape index (κ1) is 36.4. The molecule has 0 radical (unpaired) electrons. The molecule has 0 bridgehead atoms. The number of fused-ring (bicyclic) bond motifs is 8. The quantitative estimate of drug-likeness (QED) is 0.126. The van der Waals surface area contributed by atoms with Crippen molar-refractivity contribution >= 4 is 74.3 Å². The number of aryl methyl sites for hydroxylation is 1. The summed E-state index contributed by atoms with van der Waals surface area (Å²) in [5.41, 5.74) is 20.4. The molecule has 0 amide bonds. The van der Waals surface area contributed by atoms with Crippen molar-refractivity contribution in [3.05, 3.63) is 221 Å². The molecule has 2 nitrogen and oxygen atoms in total. The van der Waals surface area contributed by atoms with E-state index in [0.29, 0.717) is 0 Å². The Labute approximate surface area is 364 Å². The van der Waals surface area contributed by atoms with E-state index in [0.717, 1.165) is 13.0 Å². The third-order valence-electron chi connectivity index (χ3n) is 13.7. The molecule has 0 N–H and O–H groups in total. The van der Waals surface area contributed by atoms with Crippen LogP contribution in [0, 0.1) is 0 Å². The van der Waals surface area contributed by atoms with Crippen LogP contribution in [0.2, 0.25) is 0 Å². The maximum absolute atomic E-state index is 2.52. The number of benzene rings is 9. The number of nitrogens with zero attached hydrogens (tertiary/aromatic N) is 2. The van der Waals surface area contributed by atoms with E-state index in [4.69, 9.17) is 0 Å². The van der Waals surface area contributed by atoms with Crippen LogP contribution >= 0.6 is 0 Å². The van der Waals surface area contributed by atoms with Crippen LogP contribution in [0.15, 0.2) is 182 Å². The van der Waals surface area contributed by atoms with E-state index in [-0.39, 0.29) is 5.41 Å². The smallest absolute Gasteiger partial charge is 0.0619 e. The molecule has 2 heteroatoms. The summed E-state index contributed by atoms with van der Waals surface area (Å²) < 4.78 is 0. The Hall–Kier alpha value is -7.42. The summed E-state index contributed by atoms with van der Waals surface area (Å²) >= 11 is 0. The zero-order valence-electron chi connectivity index (χ0n) is 35.1. The first-order chi connectivity index (χ1) is 30.5. The van der Waals surface area contributed by atoms with Crippen molar-refractivity contribution < 1.29 is 0 Å². The van der Waals surface area contributed by atoms with Gasteiger partial charge in [-0.05, 0) is 115 Å². The molecule has 1 aliphatic carbocycles. The van der Waals surface area contributed by atoms with Gasteiger partial charge in [-0.15, -0.1) is 0 Å². The van der Waals surface area contributed by atoms with Gasteiger partial charge >= 0.3 is 0 Å². The fourth-order valence-electron chi connectivity index (χ4n) is 10.6. The standard InChI is InChI=1S/C60H46N2/c1-60(2)53-38-41(29-35-47(53)48-36-34-46(39-54(48)60)61-37-13-17-42-14-3-10-22-55(42)61)26-25-40-27-30-45(31-28-40)58-49-18-6-8-20-51(49)59(52-21-9-7-19-50(52)58)62-56-23-11-4-15-43(56)32-33-44-16-5-12-24-57(44)62/h3-12,14-16,18-36,38-39H,13,17,37H2,1-2H3. The van der Waals surface area contributed by atoms with E-state index in [2.05, 4.69) is 230 Å². The number of hydrogen-bond donors (Lipinski definition) is 0. The van der Waals surface area contributed by atoms with Crippen molar-refractivity contribution in [3.63, 3.8) is 0 Å². The Bertz CT molecular complexity index is 3200. The van der Waals surface area contributed by atoms with Gasteiger partial charge in [0.05, 0.1) is 17.1 Å². The highest BCUT2D eigenvalue weighted by Gasteiger charge is 2.36. The van der Waals surface area contributed by atoms with Gasteiger partial charge in [0.15, 0.2) is 0 Å². The van der Waals surface area contributed by atoms with Gasteiger partial charge in [0.2, 0.25) is 0 Å². The minimum absolute atomic E-state index is 0.0978. The van der Waals surface area contributed by atoms with Gasteiger partial charge in [0.25, 0.3) is 0 Å². The van der Waals surface area contributed by atoms with Crippen LogP contribution in [-0.4, -0.2) is 6.54 Å². The molecule has 9 aromatic carbocycles. The van der Waals surface area contributed by atoms with Gasteiger partial charge in [-0.1, -0.05) is 190 Å². The summed E-state index contributed by atoms with van der Waals surface area (Å²) in [6.45, 7) is 5.84. The largest absolute Gasteiger partial charge is 0.341 e. The lowest BCUT2D eigenvalue weighted by atomic mass is 9.81. The summed E-state index contributed by atoms with van der Waals surface area (Å²) in [5.74, 6) is 0. The predicted molar refractivity (Wildman–Crippen MR) is 265 cm³/mol. The zero-order chi connectivity index (χ0) is 41.4. The highest BCUT2D eigenvalue weighted by molar-refractivity contribution is 6.23. The molecule has 0 atom stereocenters. The number of hydrogen-bond acceptors (Lipinski definition) is 2. The molecule has 0 fully saturated rings. The van der Waals surface area contributed by atoms with Gasteiger partial charge in [-0.2, -0.15) is 0 Å². The third kappa shape index (κ3) is 5.78. The second kappa shape index (κ2) is 14.4. The fraction of sp³-hybridized carbons (Fsp3) is 0.100. The summed E-state index contributed by atoms with van der Waals surface area (Å²) in [5, 5.41) is 4.94. The molecule has 0 unspecified atom stereocenters. The Morgan fingerprint density at radius 3 is 1.69 bits per heavy atom. The topological polar surface area (TPSA) is 6.48 Å². The van der Waals surface area contributed by atoms with Gasteiger partial charge in [0, 0.05) is 34.1 Å². The molecule has 62 heavy (non-hydrogen) atoms. The summed E-state index contributed by atoms with van der Waals surface area (Å²) in [4.78, 5) is 5.00.